The fourth-order valence-electron chi connectivity index (χ4n) is 8.49. The summed E-state index contributed by atoms with van der Waals surface area (Å²) in [6.07, 6.45) is 68.4. The molecule has 0 rings (SSSR count). The average molecular weight is 940 g/mol. The third-order valence-corrected chi connectivity index (χ3v) is 12.8. The van der Waals surface area contributed by atoms with E-state index in [1.165, 1.54) is 167 Å². The van der Waals surface area contributed by atoms with E-state index in [0.717, 1.165) is 96.3 Å². The predicted octanol–water partition coefficient (Wildman–Crippen LogP) is 19.4. The molecule has 0 saturated carbocycles. The number of carbonyl (C=O) groups excluding carboxylic acids is 3. The molecule has 0 radical (unpaired) electrons. The molecule has 0 aromatic rings. The summed E-state index contributed by atoms with van der Waals surface area (Å²) in [5.41, 5.74) is 0. The first-order valence-electron chi connectivity index (χ1n) is 29.1. The van der Waals surface area contributed by atoms with Crippen molar-refractivity contribution in [2.45, 2.75) is 309 Å². The van der Waals surface area contributed by atoms with Gasteiger partial charge in [-0.05, 0) is 57.8 Å². The van der Waals surface area contributed by atoms with Crippen LogP contribution in [0.15, 0.2) is 48.6 Å². The van der Waals surface area contributed by atoms with Crippen LogP contribution in [0.5, 0.6) is 0 Å². The first kappa shape index (κ1) is 64.4. The lowest BCUT2D eigenvalue weighted by Crippen LogP contribution is -2.30. The second-order valence-corrected chi connectivity index (χ2v) is 19.5. The van der Waals surface area contributed by atoms with E-state index in [0.29, 0.717) is 19.3 Å². The Kier molecular flexibility index (Phi) is 53.8. The molecule has 67 heavy (non-hydrogen) atoms. The SMILES string of the molecule is CC/C=C\C/C=C\C/C=C\C/C=C\CCCCCCCCC(=O)OC(COC(=O)CCCCCCCCCC)COC(=O)CCCCCCCCCCCCCCCCCCCCCCCC. The average Bonchev–Trinajstić information content (AvgIpc) is 3.33. The zero-order chi connectivity index (χ0) is 48.6. The Labute approximate surface area is 416 Å². The second kappa shape index (κ2) is 56.0. The summed E-state index contributed by atoms with van der Waals surface area (Å²) >= 11 is 0. The number of ether oxygens (including phenoxy) is 3. The molecule has 0 fully saturated rings. The second-order valence-electron chi connectivity index (χ2n) is 19.5. The van der Waals surface area contributed by atoms with E-state index < -0.39 is 6.10 Å². The van der Waals surface area contributed by atoms with Crippen LogP contribution in [-0.4, -0.2) is 37.2 Å². The molecule has 6 heteroatoms. The van der Waals surface area contributed by atoms with Crippen LogP contribution in [0.1, 0.15) is 303 Å². The van der Waals surface area contributed by atoms with Crippen molar-refractivity contribution in [2.75, 3.05) is 13.2 Å². The maximum Gasteiger partial charge on any atom is 0.306 e. The molecular formula is C61H110O6. The van der Waals surface area contributed by atoms with Gasteiger partial charge in [0.25, 0.3) is 0 Å². The third-order valence-electron chi connectivity index (χ3n) is 12.8. The van der Waals surface area contributed by atoms with Crippen molar-refractivity contribution in [3.63, 3.8) is 0 Å². The van der Waals surface area contributed by atoms with Gasteiger partial charge in [0.05, 0.1) is 0 Å². The van der Waals surface area contributed by atoms with Crippen LogP contribution in [0, 0.1) is 0 Å². The van der Waals surface area contributed by atoms with Gasteiger partial charge in [0, 0.05) is 19.3 Å². The van der Waals surface area contributed by atoms with Crippen molar-refractivity contribution < 1.29 is 28.6 Å². The predicted molar refractivity (Wildman–Crippen MR) is 289 cm³/mol. The number of hydrogen-bond acceptors (Lipinski definition) is 6. The minimum absolute atomic E-state index is 0.0752. The molecule has 0 heterocycles. The van der Waals surface area contributed by atoms with Gasteiger partial charge in [-0.3, -0.25) is 14.4 Å². The van der Waals surface area contributed by atoms with Crippen LogP contribution in [0.4, 0.5) is 0 Å². The number of unbranched alkanes of at least 4 members (excludes halogenated alkanes) is 34. The van der Waals surface area contributed by atoms with Crippen LogP contribution in [0.25, 0.3) is 0 Å². The van der Waals surface area contributed by atoms with E-state index in [1.807, 2.05) is 0 Å². The largest absolute Gasteiger partial charge is 0.462 e. The van der Waals surface area contributed by atoms with Gasteiger partial charge in [-0.1, -0.05) is 275 Å². The number of hydrogen-bond donors (Lipinski definition) is 0. The van der Waals surface area contributed by atoms with Gasteiger partial charge in [0.1, 0.15) is 13.2 Å². The molecule has 0 aromatic carbocycles. The zero-order valence-electron chi connectivity index (χ0n) is 44.7. The van der Waals surface area contributed by atoms with E-state index in [9.17, 15) is 14.4 Å². The lowest BCUT2D eigenvalue weighted by molar-refractivity contribution is -0.167. The Balaban J connectivity index is 4.20. The van der Waals surface area contributed by atoms with Gasteiger partial charge in [-0.15, -0.1) is 0 Å². The fraction of sp³-hybridized carbons (Fsp3) is 0.820. The summed E-state index contributed by atoms with van der Waals surface area (Å²) in [5, 5.41) is 0. The highest BCUT2D eigenvalue weighted by Crippen LogP contribution is 2.17. The van der Waals surface area contributed by atoms with E-state index >= 15 is 0 Å². The molecule has 6 nitrogen and oxygen atoms in total. The standard InChI is InChI=1S/C61H110O6/c1-4-7-10-13-16-19-21-23-25-27-29-30-31-33-34-36-38-40-42-45-48-51-54-60(63)66-57-58(56-65-59(62)53-50-47-44-18-15-12-9-6-3)67-61(64)55-52-49-46-43-41-39-37-35-32-28-26-24-22-20-17-14-11-8-5-2/h8,11,17,20,24,26,32,35,58H,4-7,9-10,12-16,18-19,21-23,25,27-31,33-34,36-57H2,1-3H3/b11-8-,20-17-,26-24-,35-32-. The molecule has 0 spiro atoms. The van der Waals surface area contributed by atoms with Crippen molar-refractivity contribution >= 4 is 17.9 Å². The Hall–Kier alpha value is -2.63. The van der Waals surface area contributed by atoms with Crippen LogP contribution in [0.3, 0.4) is 0 Å². The lowest BCUT2D eigenvalue weighted by Gasteiger charge is -2.18. The lowest BCUT2D eigenvalue weighted by atomic mass is 10.0. The number of allylic oxidation sites excluding steroid dienone is 8. The molecule has 1 unspecified atom stereocenters. The van der Waals surface area contributed by atoms with Gasteiger partial charge in [0.2, 0.25) is 0 Å². The Morgan fingerprint density at radius 1 is 0.313 bits per heavy atom. The van der Waals surface area contributed by atoms with E-state index in [2.05, 4.69) is 69.4 Å². The normalized spacial score (nSPS) is 12.3. The summed E-state index contributed by atoms with van der Waals surface area (Å²) in [4.78, 5) is 38.0. The molecule has 390 valence electrons. The van der Waals surface area contributed by atoms with Gasteiger partial charge in [-0.2, -0.15) is 0 Å². The number of carbonyl (C=O) groups is 3. The van der Waals surface area contributed by atoms with Crippen LogP contribution in [-0.2, 0) is 28.6 Å². The van der Waals surface area contributed by atoms with Crippen molar-refractivity contribution in [3.05, 3.63) is 48.6 Å². The highest BCUT2D eigenvalue weighted by atomic mass is 16.6. The molecule has 0 bridgehead atoms. The van der Waals surface area contributed by atoms with Gasteiger partial charge in [-0.25, -0.2) is 0 Å². The Bertz CT molecular complexity index is 1170. The van der Waals surface area contributed by atoms with Crippen LogP contribution >= 0.6 is 0 Å². The molecule has 0 aromatic heterocycles. The van der Waals surface area contributed by atoms with Crippen molar-refractivity contribution in [1.82, 2.24) is 0 Å². The number of esters is 3. The molecule has 0 aliphatic heterocycles. The minimum atomic E-state index is -0.776. The van der Waals surface area contributed by atoms with Gasteiger partial charge < -0.3 is 14.2 Å². The summed E-state index contributed by atoms with van der Waals surface area (Å²) in [5.74, 6) is -0.879. The van der Waals surface area contributed by atoms with E-state index in [-0.39, 0.29) is 31.1 Å². The van der Waals surface area contributed by atoms with E-state index in [4.69, 9.17) is 14.2 Å². The fourth-order valence-corrected chi connectivity index (χ4v) is 8.49. The first-order chi connectivity index (χ1) is 33.0. The summed E-state index contributed by atoms with van der Waals surface area (Å²) in [7, 11) is 0. The summed E-state index contributed by atoms with van der Waals surface area (Å²) < 4.78 is 16.8. The molecule has 1 atom stereocenters. The summed E-state index contributed by atoms with van der Waals surface area (Å²) in [6.45, 7) is 6.52. The quantitative estimate of drug-likeness (QED) is 0.0262. The monoisotopic (exact) mass is 939 g/mol. The molecule has 0 N–H and O–H groups in total. The molecule has 0 saturated heterocycles. The van der Waals surface area contributed by atoms with Crippen LogP contribution < -0.4 is 0 Å². The highest BCUT2D eigenvalue weighted by molar-refractivity contribution is 5.71. The third kappa shape index (κ3) is 54.2. The minimum Gasteiger partial charge on any atom is -0.462 e. The smallest absolute Gasteiger partial charge is 0.306 e. The summed E-state index contributed by atoms with van der Waals surface area (Å²) in [6, 6.07) is 0. The topological polar surface area (TPSA) is 78.9 Å². The Morgan fingerprint density at radius 2 is 0.582 bits per heavy atom. The first-order valence-corrected chi connectivity index (χ1v) is 29.1. The maximum absolute atomic E-state index is 12.8. The van der Waals surface area contributed by atoms with Crippen molar-refractivity contribution in [2.24, 2.45) is 0 Å². The molecule has 0 aliphatic rings. The highest BCUT2D eigenvalue weighted by Gasteiger charge is 2.19. The maximum atomic E-state index is 12.8. The van der Waals surface area contributed by atoms with Crippen molar-refractivity contribution in [3.8, 4) is 0 Å². The van der Waals surface area contributed by atoms with Gasteiger partial charge >= 0.3 is 17.9 Å². The molecule has 0 aliphatic carbocycles. The Morgan fingerprint density at radius 3 is 0.910 bits per heavy atom. The van der Waals surface area contributed by atoms with Crippen molar-refractivity contribution in [1.29, 1.82) is 0 Å². The van der Waals surface area contributed by atoms with Crippen LogP contribution in [0.2, 0.25) is 0 Å². The van der Waals surface area contributed by atoms with Gasteiger partial charge in [0.15, 0.2) is 6.10 Å². The van der Waals surface area contributed by atoms with E-state index in [1.54, 1.807) is 0 Å². The molecular weight excluding hydrogens is 829 g/mol. The number of rotatable bonds is 53. The molecule has 0 amide bonds. The zero-order valence-corrected chi connectivity index (χ0v) is 44.7.